The van der Waals surface area contributed by atoms with Crippen LogP contribution in [0, 0.1) is 37.8 Å². The molecular weight excluding hydrogens is 378 g/mol. The number of aromatic nitrogens is 5. The van der Waals surface area contributed by atoms with Crippen LogP contribution in [-0.2, 0) is 4.79 Å². The lowest BCUT2D eigenvalue weighted by Gasteiger charge is -2.10. The van der Waals surface area contributed by atoms with Gasteiger partial charge in [-0.15, -0.1) is 0 Å². The van der Waals surface area contributed by atoms with Gasteiger partial charge in [0.15, 0.2) is 6.61 Å². The summed E-state index contributed by atoms with van der Waals surface area (Å²) in [6.07, 6.45) is 0. The first-order chi connectivity index (χ1) is 13.7. The maximum atomic E-state index is 12.4. The van der Waals surface area contributed by atoms with Crippen LogP contribution in [0.1, 0.15) is 22.8 Å². The van der Waals surface area contributed by atoms with Crippen LogP contribution < -0.4 is 10.1 Å². The highest BCUT2D eigenvalue weighted by molar-refractivity contribution is 5.91. The molecule has 0 aliphatic carbocycles. The van der Waals surface area contributed by atoms with Crippen LogP contribution in [0.5, 0.6) is 5.75 Å². The maximum absolute atomic E-state index is 12.4. The van der Waals surface area contributed by atoms with E-state index >= 15 is 0 Å². The molecule has 3 aromatic rings. The van der Waals surface area contributed by atoms with Gasteiger partial charge >= 0.3 is 5.82 Å². The average Bonchev–Trinajstić information content (AvgIpc) is 3.00. The molecule has 0 saturated carbocycles. The van der Waals surface area contributed by atoms with Gasteiger partial charge in [0.2, 0.25) is 5.75 Å². The first kappa shape index (κ1) is 19.9. The number of nitrogens with zero attached hydrogens (tertiary/aromatic N) is 6. The first-order valence-corrected chi connectivity index (χ1v) is 8.67. The van der Waals surface area contributed by atoms with Gasteiger partial charge in [0, 0.05) is 24.4 Å². The van der Waals surface area contributed by atoms with Gasteiger partial charge in [0.25, 0.3) is 11.9 Å². The smallest absolute Gasteiger partial charge is 0.406 e. The first-order valence-electron chi connectivity index (χ1n) is 8.67. The molecule has 11 heteroatoms. The summed E-state index contributed by atoms with van der Waals surface area (Å²) in [6, 6.07) is 6.46. The molecule has 0 bridgehead atoms. The van der Waals surface area contributed by atoms with Gasteiger partial charge in [-0.25, -0.2) is 9.97 Å². The van der Waals surface area contributed by atoms with E-state index in [1.165, 1.54) is 10.7 Å². The van der Waals surface area contributed by atoms with Crippen molar-refractivity contribution in [3.63, 3.8) is 0 Å². The number of amides is 1. The Morgan fingerprint density at radius 2 is 1.76 bits per heavy atom. The fourth-order valence-electron chi connectivity index (χ4n) is 2.64. The average molecular weight is 397 g/mol. The molecular formula is C18H19N7O4. The molecule has 29 heavy (non-hydrogen) atoms. The van der Waals surface area contributed by atoms with E-state index in [1.54, 1.807) is 26.0 Å². The summed E-state index contributed by atoms with van der Waals surface area (Å²) in [4.78, 5) is 35.3. The number of anilines is 1. The molecule has 0 radical (unpaired) electrons. The lowest BCUT2D eigenvalue weighted by atomic mass is 10.3. The molecule has 11 nitrogen and oxygen atoms in total. The Bertz CT molecular complexity index is 1070. The van der Waals surface area contributed by atoms with Crippen molar-refractivity contribution in [3.8, 4) is 11.7 Å². The number of hydrogen-bond acceptors (Lipinski definition) is 8. The third-order valence-electron chi connectivity index (χ3n) is 3.77. The predicted octanol–water partition coefficient (Wildman–Crippen LogP) is 2.22. The number of nitro groups is 1. The van der Waals surface area contributed by atoms with Gasteiger partial charge < -0.3 is 20.2 Å². The van der Waals surface area contributed by atoms with Gasteiger partial charge in [-0.05, 0) is 48.9 Å². The van der Waals surface area contributed by atoms with E-state index < -0.39 is 23.3 Å². The molecule has 0 aliphatic rings. The van der Waals surface area contributed by atoms with Gasteiger partial charge in [-0.2, -0.15) is 9.78 Å². The fraction of sp³-hybridized carbons (Fsp3) is 0.278. The summed E-state index contributed by atoms with van der Waals surface area (Å²) in [5, 5.41) is 18.1. The Balaban J connectivity index is 1.76. The second-order valence-corrected chi connectivity index (χ2v) is 6.40. The topological polar surface area (TPSA) is 138 Å². The lowest BCUT2D eigenvalue weighted by Crippen LogP contribution is -2.22. The minimum atomic E-state index is -0.657. The third kappa shape index (κ3) is 4.69. The number of pyridine rings is 1. The molecule has 1 N–H and O–H groups in total. The van der Waals surface area contributed by atoms with Crippen molar-refractivity contribution in [1.82, 2.24) is 24.7 Å². The van der Waals surface area contributed by atoms with E-state index in [2.05, 4.69) is 25.4 Å². The Hall–Kier alpha value is -3.89. The summed E-state index contributed by atoms with van der Waals surface area (Å²) in [5.41, 5.74) is 2.66. The fourth-order valence-corrected chi connectivity index (χ4v) is 2.64. The van der Waals surface area contributed by atoms with Crippen molar-refractivity contribution in [2.24, 2.45) is 0 Å². The Morgan fingerprint density at radius 3 is 2.41 bits per heavy atom. The minimum Gasteiger partial charge on any atom is -0.476 e. The van der Waals surface area contributed by atoms with Crippen LogP contribution in [0.3, 0.4) is 0 Å². The number of carbonyl (C=O) groups is 1. The second kappa shape index (κ2) is 8.00. The van der Waals surface area contributed by atoms with Crippen molar-refractivity contribution in [3.05, 3.63) is 57.2 Å². The highest BCUT2D eigenvalue weighted by Crippen LogP contribution is 2.24. The summed E-state index contributed by atoms with van der Waals surface area (Å²) in [7, 11) is 0. The molecule has 3 aromatic heterocycles. The predicted molar refractivity (Wildman–Crippen MR) is 103 cm³/mol. The Morgan fingerprint density at radius 1 is 1.07 bits per heavy atom. The van der Waals surface area contributed by atoms with E-state index in [9.17, 15) is 14.9 Å². The summed E-state index contributed by atoms with van der Waals surface area (Å²) >= 11 is 0. The highest BCUT2D eigenvalue weighted by Gasteiger charge is 2.19. The molecule has 1 amide bonds. The van der Waals surface area contributed by atoms with Crippen molar-refractivity contribution in [1.29, 1.82) is 0 Å². The Kier molecular flexibility index (Phi) is 5.48. The molecule has 0 saturated heterocycles. The molecule has 3 heterocycles. The number of carbonyl (C=O) groups excluding carboxylic acids is 1. The summed E-state index contributed by atoms with van der Waals surface area (Å²) in [6.45, 7) is 6.63. The number of aryl methyl sites for hydroxylation is 4. The van der Waals surface area contributed by atoms with Crippen molar-refractivity contribution >= 4 is 17.5 Å². The van der Waals surface area contributed by atoms with Crippen LogP contribution in [-0.4, -0.2) is 42.2 Å². The number of hydrogen-bond donors (Lipinski definition) is 1. The normalized spacial score (nSPS) is 10.6. The second-order valence-electron chi connectivity index (χ2n) is 6.40. The van der Waals surface area contributed by atoms with Gasteiger partial charge in [0.1, 0.15) is 11.5 Å². The van der Waals surface area contributed by atoms with Crippen LogP contribution >= 0.6 is 0 Å². The maximum Gasteiger partial charge on any atom is 0.406 e. The SMILES string of the molecule is Cc1cc(C)nc(-n2nc(C)cc2NC(=O)COc2ccc(C)nc2[N+](=O)[O-])n1. The molecule has 0 fully saturated rings. The highest BCUT2D eigenvalue weighted by atomic mass is 16.6. The summed E-state index contributed by atoms with van der Waals surface area (Å²) < 4.78 is 6.72. The minimum absolute atomic E-state index is 0.0851. The van der Waals surface area contributed by atoms with Crippen molar-refractivity contribution in [2.45, 2.75) is 27.7 Å². The molecule has 0 spiro atoms. The summed E-state index contributed by atoms with van der Waals surface area (Å²) in [5.74, 6) is -0.367. The largest absolute Gasteiger partial charge is 0.476 e. The van der Waals surface area contributed by atoms with Crippen molar-refractivity contribution in [2.75, 3.05) is 11.9 Å². The van der Waals surface area contributed by atoms with E-state index in [4.69, 9.17) is 4.74 Å². The molecule has 0 unspecified atom stereocenters. The number of rotatable bonds is 6. The van der Waals surface area contributed by atoms with Crippen LogP contribution in [0.15, 0.2) is 24.3 Å². The van der Waals surface area contributed by atoms with E-state index in [-0.39, 0.29) is 5.75 Å². The van der Waals surface area contributed by atoms with Crippen LogP contribution in [0.2, 0.25) is 0 Å². The molecule has 0 aromatic carbocycles. The zero-order chi connectivity index (χ0) is 21.1. The van der Waals surface area contributed by atoms with Gasteiger partial charge in [0.05, 0.1) is 5.69 Å². The van der Waals surface area contributed by atoms with Crippen LogP contribution in [0.4, 0.5) is 11.6 Å². The zero-order valence-electron chi connectivity index (χ0n) is 16.3. The van der Waals surface area contributed by atoms with E-state index in [0.717, 1.165) is 11.4 Å². The molecule has 3 rings (SSSR count). The molecule has 0 aliphatic heterocycles. The van der Waals surface area contributed by atoms with Gasteiger partial charge in [-0.1, -0.05) is 0 Å². The van der Waals surface area contributed by atoms with E-state index in [1.807, 2.05) is 19.9 Å². The number of ether oxygens (including phenoxy) is 1. The van der Waals surface area contributed by atoms with Crippen LogP contribution in [0.25, 0.3) is 5.95 Å². The monoisotopic (exact) mass is 397 g/mol. The van der Waals surface area contributed by atoms with Gasteiger partial charge in [-0.3, -0.25) is 4.79 Å². The molecule has 150 valence electrons. The lowest BCUT2D eigenvalue weighted by molar-refractivity contribution is -0.390. The quantitative estimate of drug-likeness (QED) is 0.493. The van der Waals surface area contributed by atoms with E-state index in [0.29, 0.717) is 23.2 Å². The van der Waals surface area contributed by atoms with Crippen molar-refractivity contribution < 1.29 is 14.5 Å². The zero-order valence-corrected chi connectivity index (χ0v) is 16.3. The third-order valence-corrected chi connectivity index (χ3v) is 3.77. The molecule has 0 atom stereocenters. The number of nitrogens with one attached hydrogen (secondary N) is 1. The standard InChI is InChI=1S/C18H19N7O4/c1-10-5-6-14(17(19-10)25(27)28)29-9-16(26)22-15-8-13(4)23-24(15)18-20-11(2)7-12(3)21-18/h5-8H,9H2,1-4H3,(H,22,26). The Labute approximate surface area is 165 Å².